The molecule has 22 heavy (non-hydrogen) atoms. The van der Waals surface area contributed by atoms with Crippen LogP contribution >= 0.6 is 0 Å². The highest BCUT2D eigenvalue weighted by molar-refractivity contribution is 5.86. The highest BCUT2D eigenvalue weighted by Gasteiger charge is 2.20. The van der Waals surface area contributed by atoms with Crippen molar-refractivity contribution in [3.8, 4) is 0 Å². The minimum absolute atomic E-state index is 0.103. The van der Waals surface area contributed by atoms with Crippen molar-refractivity contribution in [1.82, 2.24) is 9.47 Å². The summed E-state index contributed by atoms with van der Waals surface area (Å²) in [5.74, 6) is -0.103. The van der Waals surface area contributed by atoms with Gasteiger partial charge in [-0.2, -0.15) is 0 Å². The number of aromatic nitrogens is 1. The van der Waals surface area contributed by atoms with E-state index in [2.05, 4.69) is 9.47 Å². The summed E-state index contributed by atoms with van der Waals surface area (Å²) in [4.78, 5) is 2.59. The molecule has 0 atom stereocenters. The quantitative estimate of drug-likeness (QED) is 0.827. The molecule has 0 unspecified atom stereocenters. The number of rotatable bonds is 3. The summed E-state index contributed by atoms with van der Waals surface area (Å²) >= 11 is 0. The van der Waals surface area contributed by atoms with Gasteiger partial charge >= 0.3 is 0 Å². The van der Waals surface area contributed by atoms with Crippen LogP contribution in [0.25, 0.3) is 10.9 Å². The summed E-state index contributed by atoms with van der Waals surface area (Å²) in [6, 6.07) is 5.35. The van der Waals surface area contributed by atoms with E-state index in [0.29, 0.717) is 0 Å². The molecule has 1 fully saturated rings. The lowest BCUT2D eigenvalue weighted by Crippen LogP contribution is -2.32. The molecule has 3 heteroatoms. The van der Waals surface area contributed by atoms with Gasteiger partial charge in [-0.05, 0) is 75.4 Å². The van der Waals surface area contributed by atoms with Gasteiger partial charge in [-0.3, -0.25) is 0 Å². The molecule has 0 N–H and O–H groups in total. The van der Waals surface area contributed by atoms with Crippen LogP contribution in [0.15, 0.2) is 18.2 Å². The van der Waals surface area contributed by atoms with Crippen LogP contribution in [-0.2, 0) is 19.4 Å². The minimum atomic E-state index is -0.103. The molecule has 0 bridgehead atoms. The van der Waals surface area contributed by atoms with Gasteiger partial charge in [-0.15, -0.1) is 0 Å². The van der Waals surface area contributed by atoms with Gasteiger partial charge in [0.05, 0.1) is 0 Å². The number of benzene rings is 1. The zero-order valence-electron chi connectivity index (χ0n) is 13.3. The molecule has 1 aromatic heterocycles. The number of likely N-dealkylation sites (tertiary alicyclic amines) is 1. The second-order valence-corrected chi connectivity index (χ2v) is 6.85. The van der Waals surface area contributed by atoms with E-state index in [0.717, 1.165) is 31.3 Å². The average molecular weight is 300 g/mol. The van der Waals surface area contributed by atoms with Crippen LogP contribution in [0.1, 0.15) is 43.4 Å². The molecule has 2 aliphatic rings. The monoisotopic (exact) mass is 300 g/mol. The van der Waals surface area contributed by atoms with E-state index >= 15 is 0 Å². The molecule has 0 radical (unpaired) electrons. The van der Waals surface area contributed by atoms with E-state index in [1.807, 2.05) is 6.07 Å². The van der Waals surface area contributed by atoms with Crippen molar-refractivity contribution >= 4 is 10.9 Å². The molecule has 1 aliphatic carbocycles. The molecule has 2 heterocycles. The molecule has 1 aromatic carbocycles. The first-order valence-corrected chi connectivity index (χ1v) is 8.85. The number of fused-ring (bicyclic) bond motifs is 3. The second-order valence-electron chi connectivity index (χ2n) is 6.85. The zero-order chi connectivity index (χ0) is 14.9. The molecule has 1 saturated heterocycles. The van der Waals surface area contributed by atoms with Gasteiger partial charge in [0.15, 0.2) is 0 Å². The van der Waals surface area contributed by atoms with Gasteiger partial charge in [-0.25, -0.2) is 4.39 Å². The Kier molecular flexibility index (Phi) is 3.91. The van der Waals surface area contributed by atoms with Crippen LogP contribution in [0.3, 0.4) is 0 Å². The molecule has 2 aromatic rings. The van der Waals surface area contributed by atoms with Crippen molar-refractivity contribution < 1.29 is 4.39 Å². The van der Waals surface area contributed by atoms with Crippen molar-refractivity contribution in [2.45, 2.75) is 51.5 Å². The highest BCUT2D eigenvalue weighted by Crippen LogP contribution is 2.32. The Morgan fingerprint density at radius 1 is 0.909 bits per heavy atom. The Hall–Kier alpha value is -1.35. The first kappa shape index (κ1) is 14.3. The minimum Gasteiger partial charge on any atom is -0.343 e. The van der Waals surface area contributed by atoms with Crippen LogP contribution in [-0.4, -0.2) is 29.1 Å². The number of nitrogens with zero attached hydrogens (tertiary/aromatic N) is 2. The molecule has 4 rings (SSSR count). The van der Waals surface area contributed by atoms with Gasteiger partial charge < -0.3 is 9.47 Å². The standard InChI is InChI=1S/C19H25FN2/c20-15-8-9-19-17(14-15)16-6-2-3-7-18(16)22(19)13-12-21-10-4-1-5-11-21/h8-9,14H,1-7,10-13H2. The van der Waals surface area contributed by atoms with E-state index in [9.17, 15) is 4.39 Å². The lowest BCUT2D eigenvalue weighted by atomic mass is 9.95. The maximum Gasteiger partial charge on any atom is 0.123 e. The lowest BCUT2D eigenvalue weighted by Gasteiger charge is -2.27. The summed E-state index contributed by atoms with van der Waals surface area (Å²) in [5, 5.41) is 1.16. The van der Waals surface area contributed by atoms with Crippen molar-refractivity contribution in [3.63, 3.8) is 0 Å². The number of aryl methyl sites for hydroxylation is 1. The van der Waals surface area contributed by atoms with E-state index in [-0.39, 0.29) is 5.82 Å². The van der Waals surface area contributed by atoms with E-state index in [1.54, 1.807) is 12.1 Å². The lowest BCUT2D eigenvalue weighted by molar-refractivity contribution is 0.221. The predicted molar refractivity (Wildman–Crippen MR) is 88.8 cm³/mol. The number of hydrogen-bond donors (Lipinski definition) is 0. The van der Waals surface area contributed by atoms with E-state index < -0.39 is 0 Å². The highest BCUT2D eigenvalue weighted by atomic mass is 19.1. The fourth-order valence-corrected chi connectivity index (χ4v) is 4.29. The summed E-state index contributed by atoms with van der Waals surface area (Å²) in [7, 11) is 0. The van der Waals surface area contributed by atoms with Crippen LogP contribution < -0.4 is 0 Å². The number of hydrogen-bond acceptors (Lipinski definition) is 1. The molecular formula is C19H25FN2. The van der Waals surface area contributed by atoms with Crippen molar-refractivity contribution in [3.05, 3.63) is 35.3 Å². The summed E-state index contributed by atoms with van der Waals surface area (Å²) < 4.78 is 16.2. The topological polar surface area (TPSA) is 8.17 Å². The molecule has 118 valence electrons. The van der Waals surface area contributed by atoms with Gasteiger partial charge in [0.25, 0.3) is 0 Å². The van der Waals surface area contributed by atoms with Gasteiger partial charge in [0.1, 0.15) is 5.82 Å². The van der Waals surface area contributed by atoms with Crippen LogP contribution in [0.5, 0.6) is 0 Å². The Labute approximate surface area is 131 Å². The predicted octanol–water partition coefficient (Wildman–Crippen LogP) is 4.15. The Morgan fingerprint density at radius 3 is 2.59 bits per heavy atom. The largest absolute Gasteiger partial charge is 0.343 e. The smallest absolute Gasteiger partial charge is 0.123 e. The zero-order valence-corrected chi connectivity index (χ0v) is 13.3. The van der Waals surface area contributed by atoms with E-state index in [1.165, 1.54) is 62.0 Å². The molecular weight excluding hydrogens is 275 g/mol. The van der Waals surface area contributed by atoms with Crippen molar-refractivity contribution in [2.24, 2.45) is 0 Å². The third-order valence-electron chi connectivity index (χ3n) is 5.43. The maximum absolute atomic E-state index is 13.7. The van der Waals surface area contributed by atoms with Gasteiger partial charge in [-0.1, -0.05) is 6.42 Å². The Balaban J connectivity index is 1.66. The van der Waals surface area contributed by atoms with Crippen molar-refractivity contribution in [2.75, 3.05) is 19.6 Å². The Bertz CT molecular complexity index is 668. The first-order chi connectivity index (χ1) is 10.8. The SMILES string of the molecule is Fc1ccc2c(c1)c1c(n2CCN2CCCCC2)CCCC1. The van der Waals surface area contributed by atoms with Gasteiger partial charge in [0, 0.05) is 29.7 Å². The summed E-state index contributed by atoms with van der Waals surface area (Å²) in [5.41, 5.74) is 4.13. The fraction of sp³-hybridized carbons (Fsp3) is 0.579. The third-order valence-corrected chi connectivity index (χ3v) is 5.43. The van der Waals surface area contributed by atoms with E-state index in [4.69, 9.17) is 0 Å². The maximum atomic E-state index is 13.7. The number of halogens is 1. The summed E-state index contributed by atoms with van der Waals surface area (Å²) in [6.07, 6.45) is 8.87. The molecule has 0 spiro atoms. The molecule has 0 amide bonds. The normalized spacial score (nSPS) is 19.5. The average Bonchev–Trinajstić information content (AvgIpc) is 2.87. The number of piperidine rings is 1. The molecule has 2 nitrogen and oxygen atoms in total. The molecule has 1 aliphatic heterocycles. The van der Waals surface area contributed by atoms with Crippen LogP contribution in [0.2, 0.25) is 0 Å². The first-order valence-electron chi connectivity index (χ1n) is 8.85. The fourth-order valence-electron chi connectivity index (χ4n) is 4.29. The van der Waals surface area contributed by atoms with Crippen LogP contribution in [0.4, 0.5) is 4.39 Å². The second kappa shape index (κ2) is 6.04. The van der Waals surface area contributed by atoms with Crippen LogP contribution in [0, 0.1) is 5.82 Å². The third kappa shape index (κ3) is 2.56. The Morgan fingerprint density at radius 2 is 1.73 bits per heavy atom. The van der Waals surface area contributed by atoms with Gasteiger partial charge in [0.2, 0.25) is 0 Å². The summed E-state index contributed by atoms with van der Waals surface area (Å²) in [6.45, 7) is 4.68. The molecule has 0 saturated carbocycles. The van der Waals surface area contributed by atoms with Crippen molar-refractivity contribution in [1.29, 1.82) is 0 Å².